The molecule has 0 unspecified atom stereocenters. The number of hydrogen-bond acceptors (Lipinski definition) is 6. The third-order valence-electron chi connectivity index (χ3n) is 4.09. The summed E-state index contributed by atoms with van der Waals surface area (Å²) in [6.45, 7) is 1.92. The Hall–Kier alpha value is -3.35. The third kappa shape index (κ3) is 4.08. The third-order valence-corrected chi connectivity index (χ3v) is 4.09. The molecule has 1 N–H and O–H groups in total. The summed E-state index contributed by atoms with van der Waals surface area (Å²) in [4.78, 5) is 35.9. The van der Waals surface area contributed by atoms with E-state index in [4.69, 9.17) is 14.2 Å². The second-order valence-electron chi connectivity index (χ2n) is 5.89. The van der Waals surface area contributed by atoms with Crippen molar-refractivity contribution < 1.29 is 28.6 Å². The van der Waals surface area contributed by atoms with Crippen molar-refractivity contribution in [3.63, 3.8) is 0 Å². The van der Waals surface area contributed by atoms with Crippen molar-refractivity contribution in [2.45, 2.75) is 13.3 Å². The summed E-state index contributed by atoms with van der Waals surface area (Å²) in [5, 5.41) is 2.70. The number of esters is 1. The van der Waals surface area contributed by atoms with Gasteiger partial charge in [0.1, 0.15) is 0 Å². The molecule has 0 atom stereocenters. The Balaban J connectivity index is 1.64. The van der Waals surface area contributed by atoms with Crippen molar-refractivity contribution in [2.75, 3.05) is 25.6 Å². The summed E-state index contributed by atoms with van der Waals surface area (Å²) in [7, 11) is 1.48. The molecular weight excluding hydrogens is 350 g/mol. The summed E-state index contributed by atoms with van der Waals surface area (Å²) in [6.07, 6.45) is 0.238. The second kappa shape index (κ2) is 7.90. The van der Waals surface area contributed by atoms with Crippen LogP contribution in [0.15, 0.2) is 36.4 Å². The van der Waals surface area contributed by atoms with Crippen LogP contribution in [0.25, 0.3) is 0 Å². The van der Waals surface area contributed by atoms with Gasteiger partial charge in [-0.3, -0.25) is 9.59 Å². The van der Waals surface area contributed by atoms with Crippen LogP contribution in [-0.2, 0) is 16.0 Å². The van der Waals surface area contributed by atoms with Gasteiger partial charge in [-0.15, -0.1) is 0 Å². The van der Waals surface area contributed by atoms with Gasteiger partial charge in [0.25, 0.3) is 0 Å². The molecule has 27 heavy (non-hydrogen) atoms. The number of nitrogens with one attached hydrogen (secondary N) is 1. The van der Waals surface area contributed by atoms with Crippen molar-refractivity contribution in [2.24, 2.45) is 0 Å². The summed E-state index contributed by atoms with van der Waals surface area (Å²) < 4.78 is 15.7. The minimum Gasteiger partial charge on any atom is -0.493 e. The van der Waals surface area contributed by atoms with Gasteiger partial charge in [0.15, 0.2) is 23.9 Å². The number of methoxy groups -OCH3 is 1. The Morgan fingerprint density at radius 3 is 2.59 bits per heavy atom. The van der Waals surface area contributed by atoms with E-state index in [0.29, 0.717) is 29.4 Å². The van der Waals surface area contributed by atoms with Crippen molar-refractivity contribution in [1.82, 2.24) is 0 Å². The maximum atomic E-state index is 12.3. The van der Waals surface area contributed by atoms with Crippen molar-refractivity contribution in [1.29, 1.82) is 0 Å². The average molecular weight is 369 g/mol. The van der Waals surface area contributed by atoms with Crippen molar-refractivity contribution in [3.8, 4) is 11.5 Å². The van der Waals surface area contributed by atoms with Crippen LogP contribution in [0.3, 0.4) is 0 Å². The monoisotopic (exact) mass is 369 g/mol. The minimum atomic E-state index is -0.636. The Labute approximate surface area is 156 Å². The lowest BCUT2D eigenvalue weighted by atomic mass is 10.1. The Bertz CT molecular complexity index is 905. The molecule has 1 amide bonds. The normalized spacial score (nSPS) is 12.1. The number of amides is 1. The van der Waals surface area contributed by atoms with Gasteiger partial charge >= 0.3 is 5.97 Å². The fourth-order valence-corrected chi connectivity index (χ4v) is 2.77. The van der Waals surface area contributed by atoms with E-state index in [1.165, 1.54) is 13.2 Å². The number of ether oxygens (including phenoxy) is 3. The van der Waals surface area contributed by atoms with Crippen LogP contribution in [0, 0.1) is 0 Å². The van der Waals surface area contributed by atoms with Gasteiger partial charge in [-0.25, -0.2) is 4.79 Å². The maximum Gasteiger partial charge on any atom is 0.338 e. The number of carbonyl (C=O) groups excluding carboxylic acids is 3. The molecule has 1 aliphatic heterocycles. The van der Waals surface area contributed by atoms with E-state index in [-0.39, 0.29) is 23.7 Å². The van der Waals surface area contributed by atoms with E-state index >= 15 is 0 Å². The highest BCUT2D eigenvalue weighted by molar-refractivity contribution is 6.03. The number of rotatable bonds is 7. The zero-order valence-corrected chi connectivity index (χ0v) is 15.0. The zero-order chi connectivity index (χ0) is 19.4. The van der Waals surface area contributed by atoms with Gasteiger partial charge in [0, 0.05) is 11.3 Å². The maximum absolute atomic E-state index is 12.3. The van der Waals surface area contributed by atoms with E-state index in [9.17, 15) is 14.4 Å². The molecule has 7 heteroatoms. The number of benzene rings is 2. The molecule has 0 radical (unpaired) electrons. The first-order valence-corrected chi connectivity index (χ1v) is 8.45. The summed E-state index contributed by atoms with van der Waals surface area (Å²) >= 11 is 0. The van der Waals surface area contributed by atoms with E-state index in [1.807, 2.05) is 6.92 Å². The lowest BCUT2D eigenvalue weighted by Crippen LogP contribution is -2.14. The zero-order valence-electron chi connectivity index (χ0n) is 15.0. The second-order valence-corrected chi connectivity index (χ2v) is 5.89. The van der Waals surface area contributed by atoms with Crippen molar-refractivity contribution in [3.05, 3.63) is 53.1 Å². The average Bonchev–Trinajstić information content (AvgIpc) is 3.05. The molecule has 3 rings (SSSR count). The molecule has 0 saturated carbocycles. The molecule has 0 aromatic heterocycles. The first-order chi connectivity index (χ1) is 13.0. The van der Waals surface area contributed by atoms with Crippen LogP contribution >= 0.6 is 0 Å². The van der Waals surface area contributed by atoms with Crippen molar-refractivity contribution >= 4 is 23.3 Å². The van der Waals surface area contributed by atoms with Gasteiger partial charge in [-0.2, -0.15) is 0 Å². The number of anilines is 1. The molecule has 1 aliphatic rings. The molecule has 0 bridgehead atoms. The molecule has 1 heterocycles. The molecule has 0 fully saturated rings. The minimum absolute atomic E-state index is 0.106. The molecule has 0 saturated heterocycles. The van der Waals surface area contributed by atoms with E-state index in [2.05, 4.69) is 5.32 Å². The molecular formula is C20H19NO6. The van der Waals surface area contributed by atoms with Crippen LogP contribution in [0.5, 0.6) is 11.5 Å². The fourth-order valence-electron chi connectivity index (χ4n) is 2.77. The van der Waals surface area contributed by atoms with Gasteiger partial charge in [-0.1, -0.05) is 0 Å². The Kier molecular flexibility index (Phi) is 5.40. The molecule has 7 nitrogen and oxygen atoms in total. The molecule has 140 valence electrons. The van der Waals surface area contributed by atoms with Gasteiger partial charge in [-0.05, 0) is 48.9 Å². The summed E-state index contributed by atoms with van der Waals surface area (Å²) in [6, 6.07) is 9.58. The van der Waals surface area contributed by atoms with Gasteiger partial charge < -0.3 is 19.5 Å². The molecule has 2 aromatic carbocycles. The first-order valence-electron chi connectivity index (χ1n) is 8.45. The SMILES string of the molecule is CCOc1ccc(C(=O)OCC(=O)c2ccc3c(c2)CC(=O)N3)cc1OC. The predicted octanol–water partition coefficient (Wildman–Crippen LogP) is 2.63. The highest BCUT2D eigenvalue weighted by Crippen LogP contribution is 2.28. The van der Waals surface area contributed by atoms with Gasteiger partial charge in [0.05, 0.1) is 25.7 Å². The number of Topliss-reactive ketones (excluding diaryl/α,β-unsaturated/α-hetero) is 1. The largest absolute Gasteiger partial charge is 0.493 e. The van der Waals surface area contributed by atoms with Crippen LogP contribution in [-0.4, -0.2) is 38.0 Å². The highest BCUT2D eigenvalue weighted by Gasteiger charge is 2.20. The van der Waals surface area contributed by atoms with E-state index < -0.39 is 12.6 Å². The smallest absolute Gasteiger partial charge is 0.338 e. The molecule has 0 aliphatic carbocycles. The van der Waals surface area contributed by atoms with Crippen LogP contribution in [0.1, 0.15) is 33.2 Å². The lowest BCUT2D eigenvalue weighted by Gasteiger charge is -2.11. The number of hydrogen-bond donors (Lipinski definition) is 1. The van der Waals surface area contributed by atoms with Gasteiger partial charge in [0.2, 0.25) is 5.91 Å². The lowest BCUT2D eigenvalue weighted by molar-refractivity contribution is -0.115. The Morgan fingerprint density at radius 2 is 1.85 bits per heavy atom. The quantitative estimate of drug-likeness (QED) is 0.596. The van der Waals surface area contributed by atoms with Crippen LogP contribution < -0.4 is 14.8 Å². The predicted molar refractivity (Wildman–Crippen MR) is 97.6 cm³/mol. The standard InChI is InChI=1S/C20H19NO6/c1-3-26-17-7-5-13(9-18(17)25-2)20(24)27-11-16(22)12-4-6-15-14(8-12)10-19(23)21-15/h4-9H,3,10-11H2,1-2H3,(H,21,23). The Morgan fingerprint density at radius 1 is 1.07 bits per heavy atom. The first kappa shape index (κ1) is 18.4. The summed E-state index contributed by atoms with van der Waals surface area (Å²) in [5.41, 5.74) is 2.11. The number of ketones is 1. The van der Waals surface area contributed by atoms with E-state index in [0.717, 1.165) is 5.56 Å². The molecule has 2 aromatic rings. The topological polar surface area (TPSA) is 90.9 Å². The van der Waals surface area contributed by atoms with E-state index in [1.54, 1.807) is 30.3 Å². The van der Waals surface area contributed by atoms with Crippen LogP contribution in [0.2, 0.25) is 0 Å². The summed E-state index contributed by atoms with van der Waals surface area (Å²) in [5.74, 6) is -0.154. The molecule has 0 spiro atoms. The number of carbonyl (C=O) groups is 3. The fraction of sp³-hybridized carbons (Fsp3) is 0.250. The number of fused-ring (bicyclic) bond motifs is 1. The highest BCUT2D eigenvalue weighted by atomic mass is 16.5. The van der Waals surface area contributed by atoms with Crippen LogP contribution in [0.4, 0.5) is 5.69 Å².